The molecule has 1 fully saturated rings. The van der Waals surface area contributed by atoms with Gasteiger partial charge in [-0.15, -0.1) is 0 Å². The number of ether oxygens (including phenoxy) is 2. The van der Waals surface area contributed by atoms with Crippen molar-refractivity contribution in [2.75, 3.05) is 6.61 Å². The first-order valence-corrected chi connectivity index (χ1v) is 12.2. The van der Waals surface area contributed by atoms with Gasteiger partial charge in [-0.3, -0.25) is 0 Å². The lowest BCUT2D eigenvalue weighted by atomic mass is 9.93. The topological polar surface area (TPSA) is 18.5 Å². The van der Waals surface area contributed by atoms with E-state index in [1.807, 2.05) is 6.92 Å². The van der Waals surface area contributed by atoms with Crippen molar-refractivity contribution in [3.8, 4) is 16.9 Å². The quantitative estimate of drug-likeness (QED) is 0.132. The minimum Gasteiger partial charge on any atom is -0.429 e. The Morgan fingerprint density at radius 1 is 0.707 bits per heavy atom. The van der Waals surface area contributed by atoms with Crippen LogP contribution >= 0.6 is 0 Å². The third-order valence-electron chi connectivity index (χ3n) is 6.85. The zero-order valence-corrected chi connectivity index (χ0v) is 20.9. The second kappa shape index (κ2) is 10.6. The molecule has 0 N–H and O–H groups in total. The molecule has 1 aliphatic heterocycles. The van der Waals surface area contributed by atoms with Crippen LogP contribution < -0.4 is 4.74 Å². The number of benzene rings is 4. The minimum atomic E-state index is -4.80. The van der Waals surface area contributed by atoms with Crippen LogP contribution in [0.3, 0.4) is 0 Å². The second-order valence-corrected chi connectivity index (χ2v) is 9.76. The fraction of sp³-hybridized carbons (Fsp3) is 0.241. The van der Waals surface area contributed by atoms with Crippen molar-refractivity contribution in [1.82, 2.24) is 0 Å². The monoisotopic (exact) mass is 588 g/mol. The summed E-state index contributed by atoms with van der Waals surface area (Å²) in [4.78, 5) is 0. The van der Waals surface area contributed by atoms with Crippen LogP contribution in [0, 0.1) is 52.5 Å². The van der Waals surface area contributed by atoms with Crippen LogP contribution in [-0.4, -0.2) is 6.61 Å². The summed E-state index contributed by atoms with van der Waals surface area (Å²) in [6, 6.07) is 4.05. The minimum absolute atomic E-state index is 0.169. The van der Waals surface area contributed by atoms with Crippen molar-refractivity contribution in [3.05, 3.63) is 100 Å². The van der Waals surface area contributed by atoms with Crippen LogP contribution in [0.25, 0.3) is 21.9 Å². The van der Waals surface area contributed by atoms with Gasteiger partial charge in [0.1, 0.15) is 34.6 Å². The molecule has 1 saturated heterocycles. The normalized spacial score (nSPS) is 17.7. The zero-order chi connectivity index (χ0) is 29.8. The fourth-order valence-corrected chi connectivity index (χ4v) is 4.78. The summed E-state index contributed by atoms with van der Waals surface area (Å²) in [5, 5.41) is -1.79. The number of rotatable bonds is 5. The van der Waals surface area contributed by atoms with Gasteiger partial charge in [0.15, 0.2) is 23.3 Å². The van der Waals surface area contributed by atoms with Gasteiger partial charge in [0.2, 0.25) is 0 Å². The molecule has 4 aromatic rings. The van der Waals surface area contributed by atoms with Gasteiger partial charge in [0.25, 0.3) is 0 Å². The molecule has 12 heteroatoms. The fourth-order valence-electron chi connectivity index (χ4n) is 4.78. The van der Waals surface area contributed by atoms with E-state index in [0.717, 1.165) is 18.6 Å². The summed E-state index contributed by atoms with van der Waals surface area (Å²) < 4.78 is 154. The molecule has 2 nitrogen and oxygen atoms in total. The molecule has 41 heavy (non-hydrogen) atoms. The molecule has 2 unspecified atom stereocenters. The lowest BCUT2D eigenvalue weighted by Crippen LogP contribution is -2.25. The first-order valence-electron chi connectivity index (χ1n) is 12.2. The van der Waals surface area contributed by atoms with Gasteiger partial charge in [-0.1, -0.05) is 6.92 Å². The molecular formula is C29H18F10O2. The molecular weight excluding hydrogens is 570 g/mol. The molecule has 5 rings (SSSR count). The van der Waals surface area contributed by atoms with Crippen LogP contribution in [0.1, 0.15) is 37.0 Å². The zero-order valence-electron chi connectivity index (χ0n) is 20.9. The van der Waals surface area contributed by atoms with E-state index < -0.39 is 92.0 Å². The molecule has 1 aliphatic rings. The van der Waals surface area contributed by atoms with Crippen LogP contribution in [-0.2, 0) is 10.8 Å². The lowest BCUT2D eigenvalue weighted by Gasteiger charge is -2.27. The molecule has 0 aromatic heterocycles. The number of hydrogen-bond donors (Lipinski definition) is 0. The van der Waals surface area contributed by atoms with Gasteiger partial charge in [-0.2, -0.15) is 8.78 Å². The Labute approximate surface area is 226 Å². The Hall–Kier alpha value is -3.80. The van der Waals surface area contributed by atoms with E-state index in [1.54, 1.807) is 0 Å². The Balaban J connectivity index is 1.47. The van der Waals surface area contributed by atoms with E-state index >= 15 is 0 Å². The van der Waals surface area contributed by atoms with E-state index in [2.05, 4.69) is 4.74 Å². The van der Waals surface area contributed by atoms with Crippen molar-refractivity contribution in [1.29, 1.82) is 0 Å². The van der Waals surface area contributed by atoms with Crippen molar-refractivity contribution in [2.24, 2.45) is 5.92 Å². The highest BCUT2D eigenvalue weighted by Crippen LogP contribution is 2.40. The van der Waals surface area contributed by atoms with Crippen molar-refractivity contribution >= 4 is 10.8 Å². The Kier molecular flexibility index (Phi) is 7.39. The summed E-state index contributed by atoms with van der Waals surface area (Å²) in [7, 11) is 0. The summed E-state index contributed by atoms with van der Waals surface area (Å²) in [6.07, 6.45) is -4.14. The summed E-state index contributed by atoms with van der Waals surface area (Å²) in [5.41, 5.74) is -3.38. The molecule has 1 heterocycles. The second-order valence-electron chi connectivity index (χ2n) is 9.76. The highest BCUT2D eigenvalue weighted by molar-refractivity contribution is 5.85. The van der Waals surface area contributed by atoms with E-state index in [4.69, 9.17) is 4.74 Å². The highest BCUT2D eigenvalue weighted by Gasteiger charge is 2.41. The molecule has 2 atom stereocenters. The predicted molar refractivity (Wildman–Crippen MR) is 127 cm³/mol. The van der Waals surface area contributed by atoms with E-state index in [-0.39, 0.29) is 23.6 Å². The lowest BCUT2D eigenvalue weighted by molar-refractivity contribution is -0.189. The standard InChI is InChI=1S/C29H18F10O2/c1-12-2-5-22(40-11-12)13-6-18(30)23(19(31)7-13)14-8-20(32)24(21(33)9-14)29(38,39)41-15-3-4-16-17(10-15)26(35)28(37)27(36)25(16)34/h3-4,6-10,12,22H,2,5,11H2,1H3. The van der Waals surface area contributed by atoms with Crippen LogP contribution in [0.4, 0.5) is 43.9 Å². The van der Waals surface area contributed by atoms with Crippen LogP contribution in [0.15, 0.2) is 42.5 Å². The maximum atomic E-state index is 14.9. The maximum Gasteiger partial charge on any atom is 0.432 e. The smallest absolute Gasteiger partial charge is 0.429 e. The van der Waals surface area contributed by atoms with E-state index in [0.29, 0.717) is 31.2 Å². The van der Waals surface area contributed by atoms with Gasteiger partial charge in [-0.25, -0.2) is 35.1 Å². The first-order chi connectivity index (χ1) is 19.3. The molecule has 0 bridgehead atoms. The SMILES string of the molecule is CC1CCC(c2cc(F)c(-c3cc(F)c(C(F)(F)Oc4ccc5c(F)c(F)c(F)c(F)c5c4)c(F)c3)c(F)c2)OC1. The molecule has 4 aromatic carbocycles. The van der Waals surface area contributed by atoms with Gasteiger partial charge >= 0.3 is 6.11 Å². The third kappa shape index (κ3) is 5.20. The van der Waals surface area contributed by atoms with E-state index in [9.17, 15) is 43.9 Å². The van der Waals surface area contributed by atoms with Crippen LogP contribution in [0.5, 0.6) is 5.75 Å². The van der Waals surface area contributed by atoms with Gasteiger partial charge in [-0.05, 0) is 72.4 Å². The number of alkyl halides is 2. The molecule has 0 amide bonds. The Bertz CT molecular complexity index is 1620. The van der Waals surface area contributed by atoms with Gasteiger partial charge in [0.05, 0.1) is 11.7 Å². The molecule has 0 radical (unpaired) electrons. The number of halogens is 10. The Morgan fingerprint density at radius 2 is 1.29 bits per heavy atom. The van der Waals surface area contributed by atoms with Gasteiger partial charge < -0.3 is 9.47 Å². The molecule has 216 valence electrons. The first kappa shape index (κ1) is 28.7. The average molecular weight is 588 g/mol. The average Bonchev–Trinajstić information content (AvgIpc) is 2.90. The number of hydrogen-bond acceptors (Lipinski definition) is 2. The van der Waals surface area contributed by atoms with Crippen molar-refractivity contribution < 1.29 is 53.4 Å². The summed E-state index contributed by atoms with van der Waals surface area (Å²) >= 11 is 0. The molecule has 0 saturated carbocycles. The number of fused-ring (bicyclic) bond motifs is 1. The maximum absolute atomic E-state index is 14.9. The molecule has 0 spiro atoms. The van der Waals surface area contributed by atoms with Crippen molar-refractivity contribution in [3.63, 3.8) is 0 Å². The molecule has 0 aliphatic carbocycles. The van der Waals surface area contributed by atoms with Gasteiger partial charge in [0, 0.05) is 17.4 Å². The largest absolute Gasteiger partial charge is 0.432 e. The summed E-state index contributed by atoms with van der Waals surface area (Å²) in [6.45, 7) is 2.33. The predicted octanol–water partition coefficient (Wildman–Crippen LogP) is 9.24. The van der Waals surface area contributed by atoms with Crippen molar-refractivity contribution in [2.45, 2.75) is 32.0 Å². The Morgan fingerprint density at radius 3 is 1.85 bits per heavy atom. The third-order valence-corrected chi connectivity index (χ3v) is 6.85. The van der Waals surface area contributed by atoms with E-state index in [1.165, 1.54) is 0 Å². The highest BCUT2D eigenvalue weighted by atomic mass is 19.3. The van der Waals surface area contributed by atoms with Crippen LogP contribution in [0.2, 0.25) is 0 Å². The summed E-state index contributed by atoms with van der Waals surface area (Å²) in [5.74, 6) is -15.0.